The summed E-state index contributed by atoms with van der Waals surface area (Å²) >= 11 is 0. The summed E-state index contributed by atoms with van der Waals surface area (Å²) in [6.45, 7) is 6.50. The Morgan fingerprint density at radius 3 is 2.80 bits per heavy atom. The largest absolute Gasteiger partial charge is 0.493 e. The molecule has 0 radical (unpaired) electrons. The smallest absolute Gasteiger partial charge is 0.128 e. The molecular formula is C12H17NO2. The van der Waals surface area contributed by atoms with E-state index in [-0.39, 0.29) is 0 Å². The molecule has 0 aliphatic carbocycles. The lowest BCUT2D eigenvalue weighted by molar-refractivity contribution is 0.311. The average Bonchev–Trinajstić information content (AvgIpc) is 2.25. The highest BCUT2D eigenvalue weighted by atomic mass is 16.5. The van der Waals surface area contributed by atoms with Crippen molar-refractivity contribution in [3.05, 3.63) is 29.3 Å². The van der Waals surface area contributed by atoms with Crippen LogP contribution < -0.4 is 4.74 Å². The van der Waals surface area contributed by atoms with Crippen LogP contribution in [0.25, 0.3) is 0 Å². The van der Waals surface area contributed by atoms with Crippen molar-refractivity contribution in [2.24, 2.45) is 5.16 Å². The zero-order valence-corrected chi connectivity index (χ0v) is 9.45. The standard InChI is InChI=1S/C12H17NO2/c1-4-7-15-12-8-9(2)5-6-11(12)10(3)13-14/h5-6,8,14H,4,7H2,1-3H3. The van der Waals surface area contributed by atoms with Gasteiger partial charge >= 0.3 is 0 Å². The van der Waals surface area contributed by atoms with E-state index < -0.39 is 0 Å². The topological polar surface area (TPSA) is 41.8 Å². The quantitative estimate of drug-likeness (QED) is 0.468. The number of hydrogen-bond acceptors (Lipinski definition) is 3. The molecule has 0 atom stereocenters. The first-order valence-electron chi connectivity index (χ1n) is 5.11. The maximum absolute atomic E-state index is 8.74. The van der Waals surface area contributed by atoms with Crippen molar-refractivity contribution >= 4 is 5.71 Å². The molecule has 1 aromatic rings. The van der Waals surface area contributed by atoms with Gasteiger partial charge in [0.2, 0.25) is 0 Å². The van der Waals surface area contributed by atoms with E-state index in [9.17, 15) is 0 Å². The van der Waals surface area contributed by atoms with Gasteiger partial charge in [-0.3, -0.25) is 0 Å². The van der Waals surface area contributed by atoms with E-state index >= 15 is 0 Å². The van der Waals surface area contributed by atoms with Gasteiger partial charge in [0.1, 0.15) is 5.75 Å². The molecule has 0 heterocycles. The van der Waals surface area contributed by atoms with Crippen LogP contribution in [0, 0.1) is 6.92 Å². The van der Waals surface area contributed by atoms with Gasteiger partial charge in [-0.1, -0.05) is 18.1 Å². The summed E-state index contributed by atoms with van der Waals surface area (Å²) in [5.41, 5.74) is 2.55. The van der Waals surface area contributed by atoms with Gasteiger partial charge in [0.05, 0.1) is 12.3 Å². The number of rotatable bonds is 4. The molecule has 3 nitrogen and oxygen atoms in total. The average molecular weight is 207 g/mol. The van der Waals surface area contributed by atoms with Crippen molar-refractivity contribution in [3.63, 3.8) is 0 Å². The highest BCUT2D eigenvalue weighted by Gasteiger charge is 2.07. The molecule has 82 valence electrons. The summed E-state index contributed by atoms with van der Waals surface area (Å²) < 4.78 is 5.60. The van der Waals surface area contributed by atoms with Crippen LogP contribution in [-0.2, 0) is 0 Å². The number of oxime groups is 1. The van der Waals surface area contributed by atoms with Crippen LogP contribution in [0.2, 0.25) is 0 Å². The van der Waals surface area contributed by atoms with Crippen molar-refractivity contribution in [2.75, 3.05) is 6.61 Å². The number of ether oxygens (including phenoxy) is 1. The lowest BCUT2D eigenvalue weighted by Gasteiger charge is -2.10. The summed E-state index contributed by atoms with van der Waals surface area (Å²) in [6, 6.07) is 5.85. The fraction of sp³-hybridized carbons (Fsp3) is 0.417. The van der Waals surface area contributed by atoms with Gasteiger partial charge < -0.3 is 9.94 Å². The molecule has 0 unspecified atom stereocenters. The van der Waals surface area contributed by atoms with Crippen molar-refractivity contribution in [2.45, 2.75) is 27.2 Å². The Balaban J connectivity index is 3.03. The third kappa shape index (κ3) is 2.98. The SMILES string of the molecule is CCCOc1cc(C)ccc1C(C)=NO. The molecule has 0 aromatic heterocycles. The minimum atomic E-state index is 0.570. The van der Waals surface area contributed by atoms with Crippen LogP contribution in [0.15, 0.2) is 23.4 Å². The Labute approximate surface area is 90.4 Å². The zero-order valence-electron chi connectivity index (χ0n) is 9.45. The number of benzene rings is 1. The second kappa shape index (κ2) is 5.39. The molecule has 0 spiro atoms. The molecule has 0 saturated carbocycles. The predicted molar refractivity (Wildman–Crippen MR) is 61.0 cm³/mol. The molecule has 1 N–H and O–H groups in total. The molecule has 15 heavy (non-hydrogen) atoms. The summed E-state index contributed by atoms with van der Waals surface area (Å²) in [6.07, 6.45) is 0.961. The molecule has 3 heteroatoms. The van der Waals surface area contributed by atoms with Gasteiger partial charge in [-0.2, -0.15) is 0 Å². The molecule has 0 aliphatic rings. The van der Waals surface area contributed by atoms with Crippen LogP contribution in [0.5, 0.6) is 5.75 Å². The van der Waals surface area contributed by atoms with E-state index in [1.54, 1.807) is 6.92 Å². The fourth-order valence-corrected chi connectivity index (χ4v) is 1.31. The predicted octanol–water partition coefficient (Wildman–Crippen LogP) is 2.98. The Morgan fingerprint density at radius 2 is 2.20 bits per heavy atom. The van der Waals surface area contributed by atoms with Gasteiger partial charge in [-0.15, -0.1) is 0 Å². The molecule has 0 fully saturated rings. The van der Waals surface area contributed by atoms with Crippen molar-refractivity contribution < 1.29 is 9.94 Å². The Kier molecular flexibility index (Phi) is 4.16. The van der Waals surface area contributed by atoms with E-state index in [2.05, 4.69) is 12.1 Å². The summed E-state index contributed by atoms with van der Waals surface area (Å²) in [5, 5.41) is 11.9. The fourth-order valence-electron chi connectivity index (χ4n) is 1.31. The molecule has 1 rings (SSSR count). The Hall–Kier alpha value is -1.51. The molecule has 0 saturated heterocycles. The molecule has 1 aromatic carbocycles. The number of aryl methyl sites for hydroxylation is 1. The summed E-state index contributed by atoms with van der Waals surface area (Å²) in [4.78, 5) is 0. The van der Waals surface area contributed by atoms with Crippen LogP contribution >= 0.6 is 0 Å². The maximum atomic E-state index is 8.74. The zero-order chi connectivity index (χ0) is 11.3. The lowest BCUT2D eigenvalue weighted by Crippen LogP contribution is -2.03. The lowest BCUT2D eigenvalue weighted by atomic mass is 10.1. The normalized spacial score (nSPS) is 11.5. The van der Waals surface area contributed by atoms with Crippen LogP contribution in [0.4, 0.5) is 0 Å². The maximum Gasteiger partial charge on any atom is 0.128 e. The highest BCUT2D eigenvalue weighted by molar-refractivity contribution is 6.00. The summed E-state index contributed by atoms with van der Waals surface area (Å²) in [7, 11) is 0. The van der Waals surface area contributed by atoms with E-state index in [1.807, 2.05) is 25.1 Å². The van der Waals surface area contributed by atoms with Gasteiger partial charge in [-0.25, -0.2) is 0 Å². The molecular weight excluding hydrogens is 190 g/mol. The Bertz CT molecular complexity index is 359. The third-order valence-corrected chi connectivity index (χ3v) is 2.14. The Morgan fingerprint density at radius 1 is 1.47 bits per heavy atom. The first-order valence-corrected chi connectivity index (χ1v) is 5.11. The second-order valence-corrected chi connectivity index (χ2v) is 3.53. The van der Waals surface area contributed by atoms with Gasteiger partial charge in [0, 0.05) is 5.56 Å². The van der Waals surface area contributed by atoms with Gasteiger partial charge in [-0.05, 0) is 38.0 Å². The van der Waals surface area contributed by atoms with Crippen LogP contribution in [0.1, 0.15) is 31.4 Å². The van der Waals surface area contributed by atoms with Crippen molar-refractivity contribution in [1.29, 1.82) is 0 Å². The molecule has 0 bridgehead atoms. The van der Waals surface area contributed by atoms with E-state index in [0.717, 1.165) is 23.3 Å². The van der Waals surface area contributed by atoms with E-state index in [0.29, 0.717) is 12.3 Å². The highest BCUT2D eigenvalue weighted by Crippen LogP contribution is 2.21. The van der Waals surface area contributed by atoms with Gasteiger partial charge in [0.25, 0.3) is 0 Å². The monoisotopic (exact) mass is 207 g/mol. The van der Waals surface area contributed by atoms with Crippen LogP contribution in [0.3, 0.4) is 0 Å². The minimum Gasteiger partial charge on any atom is -0.493 e. The van der Waals surface area contributed by atoms with Gasteiger partial charge in [0.15, 0.2) is 0 Å². The first kappa shape index (κ1) is 11.6. The first-order chi connectivity index (χ1) is 7.19. The number of nitrogens with zero attached hydrogens (tertiary/aromatic N) is 1. The van der Waals surface area contributed by atoms with E-state index in [4.69, 9.17) is 9.94 Å². The minimum absolute atomic E-state index is 0.570. The summed E-state index contributed by atoms with van der Waals surface area (Å²) in [5.74, 6) is 0.784. The molecule has 0 amide bonds. The molecule has 0 aliphatic heterocycles. The third-order valence-electron chi connectivity index (χ3n) is 2.14. The van der Waals surface area contributed by atoms with E-state index in [1.165, 1.54) is 0 Å². The van der Waals surface area contributed by atoms with Crippen LogP contribution in [-0.4, -0.2) is 17.5 Å². The number of hydrogen-bond donors (Lipinski definition) is 1. The van der Waals surface area contributed by atoms with Crippen molar-refractivity contribution in [1.82, 2.24) is 0 Å². The van der Waals surface area contributed by atoms with Crippen molar-refractivity contribution in [3.8, 4) is 5.75 Å². The second-order valence-electron chi connectivity index (χ2n) is 3.53.